The quantitative estimate of drug-likeness (QED) is 0.736. The second-order valence-corrected chi connectivity index (χ2v) is 5.92. The largest absolute Gasteiger partial charge is 0.490 e. The zero-order valence-electron chi connectivity index (χ0n) is 15.9. The third-order valence-electron chi connectivity index (χ3n) is 3.90. The Morgan fingerprint density at radius 1 is 0.962 bits per heavy atom. The van der Waals surface area contributed by atoms with E-state index in [2.05, 4.69) is 5.32 Å². The van der Waals surface area contributed by atoms with Crippen LogP contribution in [0.25, 0.3) is 0 Å². The van der Waals surface area contributed by atoms with Crippen molar-refractivity contribution in [2.75, 3.05) is 19.8 Å². The third kappa shape index (κ3) is 5.41. The van der Waals surface area contributed by atoms with Crippen molar-refractivity contribution in [2.24, 2.45) is 0 Å². The Hall–Kier alpha value is -2.69. The van der Waals surface area contributed by atoms with Gasteiger partial charge in [0.2, 0.25) is 0 Å². The van der Waals surface area contributed by atoms with E-state index >= 15 is 0 Å². The molecule has 140 valence electrons. The molecule has 1 N–H and O–H groups in total. The van der Waals surface area contributed by atoms with Gasteiger partial charge in [-0.25, -0.2) is 0 Å². The fraction of sp³-hybridized carbons (Fsp3) is 0.381. The monoisotopic (exact) mass is 357 g/mol. The molecule has 2 aromatic rings. The summed E-state index contributed by atoms with van der Waals surface area (Å²) in [6.07, 6.45) is 0. The van der Waals surface area contributed by atoms with Crippen molar-refractivity contribution >= 4 is 5.91 Å². The first-order chi connectivity index (χ1) is 12.5. The van der Waals surface area contributed by atoms with Crippen LogP contribution in [0.1, 0.15) is 37.9 Å². The minimum absolute atomic E-state index is 0.0233. The van der Waals surface area contributed by atoms with Gasteiger partial charge in [0.1, 0.15) is 5.75 Å². The van der Waals surface area contributed by atoms with E-state index < -0.39 is 0 Å². The Labute approximate surface area is 155 Å². The highest BCUT2D eigenvalue weighted by Gasteiger charge is 2.14. The maximum Gasteiger partial charge on any atom is 0.258 e. The van der Waals surface area contributed by atoms with Crippen molar-refractivity contribution < 1.29 is 19.0 Å². The number of amides is 1. The van der Waals surface area contributed by atoms with Crippen LogP contribution in [0, 0.1) is 6.92 Å². The van der Waals surface area contributed by atoms with Gasteiger partial charge >= 0.3 is 0 Å². The number of nitrogens with one attached hydrogen (secondary N) is 1. The molecule has 0 radical (unpaired) electrons. The fourth-order valence-electron chi connectivity index (χ4n) is 2.57. The van der Waals surface area contributed by atoms with Gasteiger partial charge in [0.25, 0.3) is 5.91 Å². The standard InChI is InChI=1S/C21H27NO4/c1-5-24-19-12-11-17(13-20(19)25-6-2)16(4)22-21(23)14-26-18-10-8-7-9-15(18)3/h7-13,16H,5-6,14H2,1-4H3,(H,22,23)/t16-/m0/s1. The molecule has 5 nitrogen and oxygen atoms in total. The molecule has 1 amide bonds. The molecule has 0 aliphatic carbocycles. The van der Waals surface area contributed by atoms with Crippen LogP contribution >= 0.6 is 0 Å². The smallest absolute Gasteiger partial charge is 0.258 e. The van der Waals surface area contributed by atoms with Crippen LogP contribution in [0.2, 0.25) is 0 Å². The Kier molecular flexibility index (Phi) is 7.33. The topological polar surface area (TPSA) is 56.8 Å². The second kappa shape index (κ2) is 9.70. The van der Waals surface area contributed by atoms with Gasteiger partial charge in [-0.3, -0.25) is 4.79 Å². The summed E-state index contributed by atoms with van der Waals surface area (Å²) in [5.74, 6) is 1.94. The molecule has 2 rings (SSSR count). The molecule has 0 saturated carbocycles. The number of ether oxygens (including phenoxy) is 3. The maximum atomic E-state index is 12.2. The van der Waals surface area contributed by atoms with E-state index in [9.17, 15) is 4.79 Å². The Morgan fingerprint density at radius 2 is 1.65 bits per heavy atom. The molecule has 1 atom stereocenters. The molecule has 5 heteroatoms. The maximum absolute atomic E-state index is 12.2. The second-order valence-electron chi connectivity index (χ2n) is 5.92. The molecule has 0 spiro atoms. The van der Waals surface area contributed by atoms with Crippen LogP contribution in [-0.2, 0) is 4.79 Å². The van der Waals surface area contributed by atoms with Gasteiger partial charge in [0.15, 0.2) is 18.1 Å². The summed E-state index contributed by atoms with van der Waals surface area (Å²) in [5, 5.41) is 2.95. The van der Waals surface area contributed by atoms with Gasteiger partial charge in [-0.15, -0.1) is 0 Å². The van der Waals surface area contributed by atoms with Crippen molar-refractivity contribution in [1.29, 1.82) is 0 Å². The Bertz CT molecular complexity index is 730. The lowest BCUT2D eigenvalue weighted by molar-refractivity contribution is -0.123. The van der Waals surface area contributed by atoms with Gasteiger partial charge < -0.3 is 19.5 Å². The van der Waals surface area contributed by atoms with Crippen LogP contribution in [0.3, 0.4) is 0 Å². The van der Waals surface area contributed by atoms with Gasteiger partial charge in [0.05, 0.1) is 19.3 Å². The van der Waals surface area contributed by atoms with Gasteiger partial charge in [-0.05, 0) is 57.0 Å². The van der Waals surface area contributed by atoms with Crippen molar-refractivity contribution in [1.82, 2.24) is 5.32 Å². The van der Waals surface area contributed by atoms with E-state index in [1.165, 1.54) is 0 Å². The molecule has 0 saturated heterocycles. The van der Waals surface area contributed by atoms with Crippen molar-refractivity contribution in [3.05, 3.63) is 53.6 Å². The molecule has 0 bridgehead atoms. The Balaban J connectivity index is 1.97. The van der Waals surface area contributed by atoms with Crippen molar-refractivity contribution in [3.8, 4) is 17.2 Å². The molecule has 0 heterocycles. The zero-order valence-corrected chi connectivity index (χ0v) is 15.9. The summed E-state index contributed by atoms with van der Waals surface area (Å²) >= 11 is 0. The first kappa shape index (κ1) is 19.6. The summed E-state index contributed by atoms with van der Waals surface area (Å²) < 4.78 is 16.8. The third-order valence-corrected chi connectivity index (χ3v) is 3.90. The number of benzene rings is 2. The van der Waals surface area contributed by atoms with E-state index in [1.54, 1.807) is 0 Å². The number of rotatable bonds is 9. The van der Waals surface area contributed by atoms with Crippen LogP contribution in [0.15, 0.2) is 42.5 Å². The lowest BCUT2D eigenvalue weighted by Gasteiger charge is -2.18. The fourth-order valence-corrected chi connectivity index (χ4v) is 2.57. The predicted molar refractivity (Wildman–Crippen MR) is 102 cm³/mol. The average molecular weight is 357 g/mol. The first-order valence-electron chi connectivity index (χ1n) is 8.92. The van der Waals surface area contributed by atoms with Crippen LogP contribution in [0.4, 0.5) is 0 Å². The Morgan fingerprint density at radius 3 is 2.35 bits per heavy atom. The van der Waals surface area contributed by atoms with Gasteiger partial charge in [-0.1, -0.05) is 24.3 Å². The molecule has 0 fully saturated rings. The summed E-state index contributed by atoms with van der Waals surface area (Å²) in [6, 6.07) is 13.2. The summed E-state index contributed by atoms with van der Waals surface area (Å²) in [7, 11) is 0. The molecule has 2 aromatic carbocycles. The number of para-hydroxylation sites is 1. The predicted octanol–water partition coefficient (Wildman–Crippen LogP) is 4.05. The highest BCUT2D eigenvalue weighted by atomic mass is 16.5. The average Bonchev–Trinajstić information content (AvgIpc) is 2.63. The van der Waals surface area contributed by atoms with Crippen molar-refractivity contribution in [3.63, 3.8) is 0 Å². The molecule has 0 unspecified atom stereocenters. The van der Waals surface area contributed by atoms with Crippen LogP contribution in [-0.4, -0.2) is 25.7 Å². The van der Waals surface area contributed by atoms with Crippen molar-refractivity contribution in [2.45, 2.75) is 33.7 Å². The minimum Gasteiger partial charge on any atom is -0.490 e. The zero-order chi connectivity index (χ0) is 18.9. The highest BCUT2D eigenvalue weighted by Crippen LogP contribution is 2.30. The number of carbonyl (C=O) groups is 1. The van der Waals surface area contributed by atoms with Gasteiger partial charge in [-0.2, -0.15) is 0 Å². The lowest BCUT2D eigenvalue weighted by Crippen LogP contribution is -2.31. The number of hydrogen-bond acceptors (Lipinski definition) is 4. The van der Waals surface area contributed by atoms with E-state index in [0.717, 1.165) is 16.9 Å². The highest BCUT2D eigenvalue weighted by molar-refractivity contribution is 5.78. The first-order valence-corrected chi connectivity index (χ1v) is 8.92. The number of hydrogen-bond donors (Lipinski definition) is 1. The van der Waals surface area contributed by atoms with Crippen LogP contribution < -0.4 is 19.5 Å². The van der Waals surface area contributed by atoms with Crippen LogP contribution in [0.5, 0.6) is 17.2 Å². The van der Waals surface area contributed by atoms with E-state index in [-0.39, 0.29) is 18.6 Å². The number of carbonyl (C=O) groups excluding carboxylic acids is 1. The SMILES string of the molecule is CCOc1ccc([C@H](C)NC(=O)COc2ccccc2C)cc1OCC. The van der Waals surface area contributed by atoms with E-state index in [4.69, 9.17) is 14.2 Å². The van der Waals surface area contributed by atoms with Gasteiger partial charge in [0, 0.05) is 0 Å². The molecule has 0 aliphatic heterocycles. The lowest BCUT2D eigenvalue weighted by atomic mass is 10.1. The minimum atomic E-state index is -0.174. The molecule has 0 aromatic heterocycles. The van der Waals surface area contributed by atoms with E-state index in [0.29, 0.717) is 24.7 Å². The molecule has 0 aliphatic rings. The molecular weight excluding hydrogens is 330 g/mol. The summed E-state index contributed by atoms with van der Waals surface area (Å²) in [6.45, 7) is 8.83. The molecular formula is C21H27NO4. The number of aryl methyl sites for hydroxylation is 1. The molecule has 26 heavy (non-hydrogen) atoms. The van der Waals surface area contributed by atoms with E-state index in [1.807, 2.05) is 70.2 Å². The summed E-state index contributed by atoms with van der Waals surface area (Å²) in [5.41, 5.74) is 1.95. The summed E-state index contributed by atoms with van der Waals surface area (Å²) in [4.78, 5) is 12.2. The normalized spacial score (nSPS) is 11.5.